The number of amides is 2. The molecule has 118 valence electrons. The molecule has 2 amide bonds. The Morgan fingerprint density at radius 3 is 2.59 bits per heavy atom. The van der Waals surface area contributed by atoms with Crippen LogP contribution in [0.2, 0.25) is 0 Å². The van der Waals surface area contributed by atoms with Crippen LogP contribution in [0.1, 0.15) is 23.2 Å². The number of piperazine rings is 1. The Kier molecular flexibility index (Phi) is 4.73. The first-order chi connectivity index (χ1) is 10.6. The van der Waals surface area contributed by atoms with Crippen LogP contribution >= 0.6 is 15.9 Å². The van der Waals surface area contributed by atoms with Crippen LogP contribution in [0.15, 0.2) is 22.9 Å². The van der Waals surface area contributed by atoms with Gasteiger partial charge in [-0.3, -0.25) is 19.5 Å². The van der Waals surface area contributed by atoms with Gasteiger partial charge in [0.15, 0.2) is 0 Å². The Hall–Kier alpha value is -1.47. The van der Waals surface area contributed by atoms with Gasteiger partial charge in [-0.1, -0.05) is 0 Å². The molecule has 3 rings (SSSR count). The van der Waals surface area contributed by atoms with Crippen molar-refractivity contribution in [2.24, 2.45) is 0 Å². The van der Waals surface area contributed by atoms with Gasteiger partial charge in [0.25, 0.3) is 5.91 Å². The average molecular weight is 367 g/mol. The minimum atomic E-state index is -0.00381. The molecule has 2 fully saturated rings. The second-order valence-electron chi connectivity index (χ2n) is 5.80. The number of rotatable bonds is 4. The summed E-state index contributed by atoms with van der Waals surface area (Å²) in [5.41, 5.74) is 0.592. The van der Waals surface area contributed by atoms with Gasteiger partial charge in [0.1, 0.15) is 0 Å². The van der Waals surface area contributed by atoms with Crippen molar-refractivity contribution in [3.63, 3.8) is 0 Å². The van der Waals surface area contributed by atoms with E-state index < -0.39 is 0 Å². The number of nitrogens with zero attached hydrogens (tertiary/aromatic N) is 3. The quantitative estimate of drug-likeness (QED) is 0.858. The fourth-order valence-electron chi connectivity index (χ4n) is 2.52. The third-order valence-corrected chi connectivity index (χ3v) is 4.35. The molecule has 2 heterocycles. The molecule has 0 atom stereocenters. The van der Waals surface area contributed by atoms with Crippen LogP contribution in [-0.2, 0) is 4.79 Å². The van der Waals surface area contributed by atoms with Crippen LogP contribution in [0.5, 0.6) is 0 Å². The van der Waals surface area contributed by atoms with Crippen molar-refractivity contribution in [2.45, 2.75) is 18.9 Å². The standard InChI is InChI=1S/C15H19BrN4O2/c16-12-7-11(8-17-9-12)15(22)20-5-3-19(4-6-20)10-14(21)18-13-1-2-13/h7-9,13H,1-6,10H2,(H,18,21). The minimum Gasteiger partial charge on any atom is -0.352 e. The predicted molar refractivity (Wildman–Crippen MR) is 85.4 cm³/mol. The van der Waals surface area contributed by atoms with Gasteiger partial charge >= 0.3 is 0 Å². The number of nitrogens with one attached hydrogen (secondary N) is 1. The zero-order valence-corrected chi connectivity index (χ0v) is 13.9. The van der Waals surface area contributed by atoms with Gasteiger partial charge in [-0.2, -0.15) is 0 Å². The van der Waals surface area contributed by atoms with Crippen LogP contribution in [0.25, 0.3) is 0 Å². The number of aromatic nitrogens is 1. The van der Waals surface area contributed by atoms with Gasteiger partial charge in [-0.05, 0) is 34.8 Å². The Balaban J connectivity index is 1.48. The summed E-state index contributed by atoms with van der Waals surface area (Å²) in [6.07, 6.45) is 5.46. The lowest BCUT2D eigenvalue weighted by Crippen LogP contribution is -2.51. The van der Waals surface area contributed by atoms with E-state index in [4.69, 9.17) is 0 Å². The van der Waals surface area contributed by atoms with E-state index in [1.54, 1.807) is 18.5 Å². The third kappa shape index (κ3) is 4.04. The molecule has 1 aromatic heterocycles. The molecule has 7 heteroatoms. The first-order valence-electron chi connectivity index (χ1n) is 7.53. The zero-order valence-electron chi connectivity index (χ0n) is 12.3. The molecule has 22 heavy (non-hydrogen) atoms. The van der Waals surface area contributed by atoms with E-state index in [-0.39, 0.29) is 11.8 Å². The van der Waals surface area contributed by atoms with Crippen LogP contribution < -0.4 is 5.32 Å². The molecule has 1 saturated heterocycles. The van der Waals surface area contributed by atoms with E-state index in [1.807, 2.05) is 4.90 Å². The number of carbonyl (C=O) groups excluding carboxylic acids is 2. The van der Waals surface area contributed by atoms with E-state index in [1.165, 1.54) is 0 Å². The summed E-state index contributed by atoms with van der Waals surface area (Å²) in [5, 5.41) is 2.99. The summed E-state index contributed by atoms with van der Waals surface area (Å²) in [6.45, 7) is 3.16. The highest BCUT2D eigenvalue weighted by Gasteiger charge is 2.26. The maximum absolute atomic E-state index is 12.4. The Morgan fingerprint density at radius 1 is 1.23 bits per heavy atom. The van der Waals surface area contributed by atoms with E-state index >= 15 is 0 Å². The summed E-state index contributed by atoms with van der Waals surface area (Å²) in [6, 6.07) is 2.18. The Morgan fingerprint density at radius 2 is 1.95 bits per heavy atom. The normalized spacial score (nSPS) is 19.0. The zero-order chi connectivity index (χ0) is 15.5. The number of hydrogen-bond donors (Lipinski definition) is 1. The first kappa shape index (κ1) is 15.4. The lowest BCUT2D eigenvalue weighted by molar-refractivity contribution is -0.122. The molecule has 1 saturated carbocycles. The number of hydrogen-bond acceptors (Lipinski definition) is 4. The first-order valence-corrected chi connectivity index (χ1v) is 8.32. The molecule has 0 radical (unpaired) electrons. The van der Waals surface area contributed by atoms with Crippen LogP contribution in [0, 0.1) is 0 Å². The van der Waals surface area contributed by atoms with Gasteiger partial charge < -0.3 is 10.2 Å². The van der Waals surface area contributed by atoms with E-state index in [0.717, 1.165) is 30.4 Å². The summed E-state index contributed by atoms with van der Waals surface area (Å²) >= 11 is 3.33. The van der Waals surface area contributed by atoms with E-state index in [2.05, 4.69) is 31.1 Å². The van der Waals surface area contributed by atoms with Gasteiger partial charge in [-0.25, -0.2) is 0 Å². The Labute approximate surface area is 138 Å². The van der Waals surface area contributed by atoms with E-state index in [0.29, 0.717) is 31.2 Å². The molecule has 0 aromatic carbocycles. The Bertz CT molecular complexity index is 568. The smallest absolute Gasteiger partial charge is 0.255 e. The SMILES string of the molecule is O=C(CN1CCN(C(=O)c2cncc(Br)c2)CC1)NC1CC1. The predicted octanol–water partition coefficient (Wildman–Crippen LogP) is 0.880. The van der Waals surface area contributed by atoms with Crippen LogP contribution in [0.3, 0.4) is 0 Å². The summed E-state index contributed by atoms with van der Waals surface area (Å²) in [7, 11) is 0. The topological polar surface area (TPSA) is 65.5 Å². The van der Waals surface area contributed by atoms with Crippen molar-refractivity contribution < 1.29 is 9.59 Å². The third-order valence-electron chi connectivity index (χ3n) is 3.92. The van der Waals surface area contributed by atoms with Crippen LogP contribution in [-0.4, -0.2) is 65.4 Å². The summed E-state index contributed by atoms with van der Waals surface area (Å²) < 4.78 is 0.800. The van der Waals surface area contributed by atoms with Crippen molar-refractivity contribution in [3.05, 3.63) is 28.5 Å². The number of pyridine rings is 1. The molecular formula is C15H19BrN4O2. The molecule has 6 nitrogen and oxygen atoms in total. The molecule has 1 aliphatic heterocycles. The number of halogens is 1. The number of carbonyl (C=O) groups is 2. The highest BCUT2D eigenvalue weighted by atomic mass is 79.9. The molecule has 0 spiro atoms. The van der Waals surface area contributed by atoms with E-state index in [9.17, 15) is 9.59 Å². The molecular weight excluding hydrogens is 348 g/mol. The van der Waals surface area contributed by atoms with Crippen molar-refractivity contribution in [3.8, 4) is 0 Å². The molecule has 1 N–H and O–H groups in total. The van der Waals surface area contributed by atoms with Crippen molar-refractivity contribution in [1.82, 2.24) is 20.1 Å². The van der Waals surface area contributed by atoms with Gasteiger partial charge in [0.2, 0.25) is 5.91 Å². The second kappa shape index (κ2) is 6.75. The lowest BCUT2D eigenvalue weighted by atomic mass is 10.2. The summed E-state index contributed by atoms with van der Waals surface area (Å²) in [4.78, 5) is 32.1. The van der Waals surface area contributed by atoms with Crippen molar-refractivity contribution in [2.75, 3.05) is 32.7 Å². The second-order valence-corrected chi connectivity index (χ2v) is 6.72. The molecule has 0 bridgehead atoms. The fraction of sp³-hybridized carbons (Fsp3) is 0.533. The summed E-state index contributed by atoms with van der Waals surface area (Å²) in [5.74, 6) is 0.0920. The minimum absolute atomic E-state index is 0.00381. The fourth-order valence-corrected chi connectivity index (χ4v) is 2.89. The monoisotopic (exact) mass is 366 g/mol. The maximum Gasteiger partial charge on any atom is 0.255 e. The molecule has 1 aromatic rings. The molecule has 2 aliphatic rings. The lowest BCUT2D eigenvalue weighted by Gasteiger charge is -2.34. The molecule has 1 aliphatic carbocycles. The van der Waals surface area contributed by atoms with Crippen molar-refractivity contribution in [1.29, 1.82) is 0 Å². The maximum atomic E-state index is 12.4. The van der Waals surface area contributed by atoms with Gasteiger partial charge in [0.05, 0.1) is 12.1 Å². The van der Waals surface area contributed by atoms with Gasteiger partial charge in [-0.15, -0.1) is 0 Å². The van der Waals surface area contributed by atoms with Crippen LogP contribution in [0.4, 0.5) is 0 Å². The largest absolute Gasteiger partial charge is 0.352 e. The highest BCUT2D eigenvalue weighted by molar-refractivity contribution is 9.10. The van der Waals surface area contributed by atoms with Crippen molar-refractivity contribution >= 4 is 27.7 Å². The van der Waals surface area contributed by atoms with Gasteiger partial charge in [0, 0.05) is 49.1 Å². The molecule has 0 unspecified atom stereocenters. The average Bonchev–Trinajstić information content (AvgIpc) is 3.31. The highest BCUT2D eigenvalue weighted by Crippen LogP contribution is 2.18.